The monoisotopic (exact) mass is 287 g/mol. The number of nitrogens with zero attached hydrogens (tertiary/aromatic N) is 3. The van der Waals surface area contributed by atoms with E-state index in [0.29, 0.717) is 0 Å². The lowest BCUT2D eigenvalue weighted by Crippen LogP contribution is -2.12. The van der Waals surface area contributed by atoms with E-state index in [1.807, 2.05) is 55.8 Å². The van der Waals surface area contributed by atoms with Crippen molar-refractivity contribution >= 4 is 20.6 Å². The first kappa shape index (κ1) is 14.5. The maximum atomic E-state index is 5.92. The van der Waals surface area contributed by atoms with Crippen molar-refractivity contribution in [3.05, 3.63) is 42.0 Å². The van der Waals surface area contributed by atoms with Crippen LogP contribution < -0.4 is 4.43 Å². The molecule has 0 atom stereocenters. The fourth-order valence-corrected chi connectivity index (χ4v) is 2.78. The van der Waals surface area contributed by atoms with E-state index in [1.165, 1.54) is 0 Å². The second-order valence-corrected chi connectivity index (χ2v) is 7.43. The number of aliphatic imine (C=N–C) groups is 1. The van der Waals surface area contributed by atoms with E-state index in [0.717, 1.165) is 28.8 Å². The van der Waals surface area contributed by atoms with Crippen molar-refractivity contribution in [1.29, 1.82) is 0 Å². The minimum atomic E-state index is -1.14. The highest BCUT2D eigenvalue weighted by atomic mass is 28.3. The predicted octanol–water partition coefficient (Wildman–Crippen LogP) is 3.46. The van der Waals surface area contributed by atoms with E-state index in [1.54, 1.807) is 0 Å². The SMILES string of the molecule is CC(=Nc1ccccc1O[SiH](C)C)n1cc(C)nc1C. The highest BCUT2D eigenvalue weighted by Crippen LogP contribution is 2.27. The van der Waals surface area contributed by atoms with Gasteiger partial charge in [0.2, 0.25) is 9.04 Å². The number of aromatic nitrogens is 2. The van der Waals surface area contributed by atoms with Gasteiger partial charge in [0.05, 0.1) is 5.69 Å². The molecule has 2 rings (SSSR count). The van der Waals surface area contributed by atoms with Gasteiger partial charge in [-0.25, -0.2) is 9.98 Å². The zero-order chi connectivity index (χ0) is 14.7. The van der Waals surface area contributed by atoms with Crippen molar-refractivity contribution in [2.24, 2.45) is 4.99 Å². The largest absolute Gasteiger partial charge is 0.546 e. The molecule has 0 amide bonds. The first-order chi connectivity index (χ1) is 9.47. The van der Waals surface area contributed by atoms with Crippen LogP contribution in [0.1, 0.15) is 18.4 Å². The third-order valence-corrected chi connectivity index (χ3v) is 3.59. The lowest BCUT2D eigenvalue weighted by molar-refractivity contribution is 0.582. The summed E-state index contributed by atoms with van der Waals surface area (Å²) in [6.07, 6.45) is 1.99. The van der Waals surface area contributed by atoms with Gasteiger partial charge in [0.1, 0.15) is 23.1 Å². The molecule has 0 fully saturated rings. The Hall–Kier alpha value is -1.88. The summed E-state index contributed by atoms with van der Waals surface area (Å²) in [5, 5.41) is 0. The molecule has 1 aromatic heterocycles. The van der Waals surface area contributed by atoms with Gasteiger partial charge in [-0.1, -0.05) is 12.1 Å². The summed E-state index contributed by atoms with van der Waals surface area (Å²) >= 11 is 0. The molecule has 0 aliphatic carbocycles. The third-order valence-electron chi connectivity index (χ3n) is 2.86. The number of benzene rings is 1. The molecular weight excluding hydrogens is 266 g/mol. The van der Waals surface area contributed by atoms with Gasteiger partial charge < -0.3 is 4.43 Å². The highest BCUT2D eigenvalue weighted by molar-refractivity contribution is 6.49. The van der Waals surface area contributed by atoms with E-state index in [9.17, 15) is 0 Å². The molecular formula is C15H21N3OSi. The smallest absolute Gasteiger partial charge is 0.229 e. The van der Waals surface area contributed by atoms with E-state index in [2.05, 4.69) is 18.1 Å². The van der Waals surface area contributed by atoms with Crippen LogP contribution in [0.5, 0.6) is 5.75 Å². The molecule has 0 N–H and O–H groups in total. The minimum Gasteiger partial charge on any atom is -0.546 e. The highest BCUT2D eigenvalue weighted by Gasteiger charge is 2.07. The molecule has 1 aromatic carbocycles. The van der Waals surface area contributed by atoms with Crippen LogP contribution in [0.4, 0.5) is 5.69 Å². The Labute approximate surface area is 121 Å². The molecule has 0 aliphatic rings. The number of rotatable bonds is 3. The van der Waals surface area contributed by atoms with Crippen LogP contribution in [0.25, 0.3) is 0 Å². The number of hydrogen-bond donors (Lipinski definition) is 0. The van der Waals surface area contributed by atoms with E-state index >= 15 is 0 Å². The zero-order valence-corrected chi connectivity index (χ0v) is 13.9. The molecule has 20 heavy (non-hydrogen) atoms. The van der Waals surface area contributed by atoms with Crippen LogP contribution in [0, 0.1) is 13.8 Å². The van der Waals surface area contributed by atoms with Crippen molar-refractivity contribution in [1.82, 2.24) is 9.55 Å². The van der Waals surface area contributed by atoms with Crippen molar-refractivity contribution in [2.75, 3.05) is 0 Å². The Morgan fingerprint density at radius 1 is 1.25 bits per heavy atom. The molecule has 0 saturated heterocycles. The molecule has 0 aliphatic heterocycles. The van der Waals surface area contributed by atoms with Crippen LogP contribution >= 0.6 is 0 Å². The Morgan fingerprint density at radius 2 is 1.95 bits per heavy atom. The second-order valence-electron chi connectivity index (χ2n) is 5.09. The standard InChI is InChI=1S/C15H21N3OSi/c1-11-10-18(12(2)16-11)13(3)17-14-8-6-7-9-15(14)19-20(4)5/h6-10,20H,1-5H3. The lowest BCUT2D eigenvalue weighted by Gasteiger charge is -2.12. The second kappa shape index (κ2) is 6.05. The van der Waals surface area contributed by atoms with Crippen molar-refractivity contribution < 1.29 is 4.43 Å². The summed E-state index contributed by atoms with van der Waals surface area (Å²) in [5.41, 5.74) is 1.87. The number of para-hydroxylation sites is 2. The molecule has 2 aromatic rings. The fraction of sp³-hybridized carbons (Fsp3) is 0.333. The van der Waals surface area contributed by atoms with Gasteiger partial charge in [0.15, 0.2) is 0 Å². The normalized spacial score (nSPS) is 12.0. The van der Waals surface area contributed by atoms with Crippen LogP contribution in [0.3, 0.4) is 0 Å². The maximum Gasteiger partial charge on any atom is 0.229 e. The fourth-order valence-electron chi connectivity index (χ4n) is 2.08. The molecule has 5 heteroatoms. The summed E-state index contributed by atoms with van der Waals surface area (Å²) in [7, 11) is -1.14. The molecule has 0 saturated carbocycles. The minimum absolute atomic E-state index is 0.864. The van der Waals surface area contributed by atoms with E-state index in [-0.39, 0.29) is 0 Å². The Bertz CT molecular complexity index is 632. The Kier molecular flexibility index (Phi) is 4.39. The predicted molar refractivity (Wildman–Crippen MR) is 85.8 cm³/mol. The van der Waals surface area contributed by atoms with Gasteiger partial charge in [-0.3, -0.25) is 4.57 Å². The van der Waals surface area contributed by atoms with Crippen molar-refractivity contribution in [3.8, 4) is 5.75 Å². The van der Waals surface area contributed by atoms with Gasteiger partial charge in [-0.05, 0) is 46.0 Å². The van der Waals surface area contributed by atoms with E-state index < -0.39 is 9.04 Å². The first-order valence-electron chi connectivity index (χ1n) is 6.81. The summed E-state index contributed by atoms with van der Waals surface area (Å²) in [4.78, 5) is 9.10. The molecule has 106 valence electrons. The van der Waals surface area contributed by atoms with E-state index in [4.69, 9.17) is 9.42 Å². The average molecular weight is 287 g/mol. The molecule has 0 radical (unpaired) electrons. The zero-order valence-electron chi connectivity index (χ0n) is 12.7. The van der Waals surface area contributed by atoms with Gasteiger partial charge >= 0.3 is 0 Å². The molecule has 0 unspecified atom stereocenters. The molecule has 4 nitrogen and oxygen atoms in total. The first-order valence-corrected chi connectivity index (χ1v) is 9.59. The van der Waals surface area contributed by atoms with Crippen LogP contribution in [0.15, 0.2) is 35.5 Å². The maximum absolute atomic E-state index is 5.92. The summed E-state index contributed by atoms with van der Waals surface area (Å²) < 4.78 is 7.92. The van der Waals surface area contributed by atoms with Crippen molar-refractivity contribution in [3.63, 3.8) is 0 Å². The van der Waals surface area contributed by atoms with Gasteiger partial charge in [0.25, 0.3) is 0 Å². The Morgan fingerprint density at radius 3 is 2.55 bits per heavy atom. The summed E-state index contributed by atoms with van der Waals surface area (Å²) in [6, 6.07) is 7.92. The van der Waals surface area contributed by atoms with Crippen LogP contribution in [-0.2, 0) is 0 Å². The Balaban J connectivity index is 2.37. The molecule has 0 spiro atoms. The third kappa shape index (κ3) is 3.36. The molecule has 0 bridgehead atoms. The van der Waals surface area contributed by atoms with Crippen LogP contribution in [-0.4, -0.2) is 24.4 Å². The van der Waals surface area contributed by atoms with Gasteiger partial charge in [-0.2, -0.15) is 0 Å². The van der Waals surface area contributed by atoms with Crippen LogP contribution in [0.2, 0.25) is 13.1 Å². The lowest BCUT2D eigenvalue weighted by atomic mass is 10.3. The number of hydrogen-bond acceptors (Lipinski definition) is 3. The quantitative estimate of drug-likeness (QED) is 0.493. The topological polar surface area (TPSA) is 39.4 Å². The van der Waals surface area contributed by atoms with Gasteiger partial charge in [-0.15, -0.1) is 0 Å². The number of aryl methyl sites for hydroxylation is 2. The summed E-state index contributed by atoms with van der Waals surface area (Å²) in [5.74, 6) is 2.70. The molecule has 1 heterocycles. The van der Waals surface area contributed by atoms with Crippen molar-refractivity contribution in [2.45, 2.75) is 33.9 Å². The van der Waals surface area contributed by atoms with Gasteiger partial charge in [0, 0.05) is 6.20 Å². The summed E-state index contributed by atoms with van der Waals surface area (Å²) in [6.45, 7) is 10.2. The number of imidazole rings is 1. The average Bonchev–Trinajstić information content (AvgIpc) is 2.70.